The second kappa shape index (κ2) is 6.78. The first-order valence-electron chi connectivity index (χ1n) is 6.85. The Hall–Kier alpha value is -1.03. The van der Waals surface area contributed by atoms with Gasteiger partial charge >= 0.3 is 0 Å². The van der Waals surface area contributed by atoms with E-state index >= 15 is 0 Å². The Bertz CT molecular complexity index is 360. The summed E-state index contributed by atoms with van der Waals surface area (Å²) >= 11 is 0. The van der Waals surface area contributed by atoms with E-state index in [2.05, 4.69) is 49.7 Å². The van der Waals surface area contributed by atoms with E-state index in [1.54, 1.807) is 7.11 Å². The molecule has 2 atom stereocenters. The molecule has 0 saturated carbocycles. The third kappa shape index (κ3) is 3.48. The second-order valence-electron chi connectivity index (χ2n) is 5.23. The molecule has 4 nitrogen and oxygen atoms in total. The van der Waals surface area contributed by atoms with E-state index in [-0.39, 0.29) is 0 Å². The Morgan fingerprint density at radius 3 is 2.50 bits per heavy atom. The van der Waals surface area contributed by atoms with E-state index in [0.29, 0.717) is 18.0 Å². The zero-order valence-electron chi connectivity index (χ0n) is 12.5. The molecule has 1 aromatic heterocycles. The molecule has 104 valence electrons. The van der Waals surface area contributed by atoms with Gasteiger partial charge in [0.05, 0.1) is 19.0 Å². The van der Waals surface area contributed by atoms with Crippen LogP contribution in [0.2, 0.25) is 0 Å². The van der Waals surface area contributed by atoms with Gasteiger partial charge in [0, 0.05) is 18.0 Å². The van der Waals surface area contributed by atoms with Crippen LogP contribution in [0.4, 0.5) is 0 Å². The molecule has 0 fully saturated rings. The number of nitrogens with one attached hydrogen (secondary N) is 1. The van der Waals surface area contributed by atoms with Gasteiger partial charge in [-0.15, -0.1) is 0 Å². The number of hydrogen-bond donors (Lipinski definition) is 1. The summed E-state index contributed by atoms with van der Waals surface area (Å²) in [7, 11) is 1.71. The van der Waals surface area contributed by atoms with Gasteiger partial charge in [-0.25, -0.2) is 0 Å². The maximum absolute atomic E-state index is 5.44. The van der Waals surface area contributed by atoms with Crippen LogP contribution in [0, 0.1) is 0 Å². The molecule has 0 bridgehead atoms. The van der Waals surface area contributed by atoms with Crippen LogP contribution in [-0.4, -0.2) is 29.5 Å². The molecule has 1 heterocycles. The Kier molecular flexibility index (Phi) is 5.66. The Morgan fingerprint density at radius 1 is 1.33 bits per heavy atom. The van der Waals surface area contributed by atoms with Crippen molar-refractivity contribution in [3.63, 3.8) is 0 Å². The lowest BCUT2D eigenvalue weighted by Gasteiger charge is -2.21. The molecule has 0 aliphatic carbocycles. The molecule has 1 aromatic rings. The first kappa shape index (κ1) is 15.0. The van der Waals surface area contributed by atoms with Crippen LogP contribution in [0.3, 0.4) is 0 Å². The predicted molar refractivity (Wildman–Crippen MR) is 75.3 cm³/mol. The number of nitrogens with zero attached hydrogens (tertiary/aromatic N) is 2. The first-order valence-corrected chi connectivity index (χ1v) is 6.85. The van der Waals surface area contributed by atoms with Gasteiger partial charge in [-0.2, -0.15) is 5.10 Å². The lowest BCUT2D eigenvalue weighted by atomic mass is 9.98. The van der Waals surface area contributed by atoms with Gasteiger partial charge in [0.15, 0.2) is 5.75 Å². The van der Waals surface area contributed by atoms with Crippen molar-refractivity contribution in [2.75, 3.05) is 13.7 Å². The topological polar surface area (TPSA) is 39.1 Å². The fourth-order valence-electron chi connectivity index (χ4n) is 2.47. The smallest absolute Gasteiger partial charge is 0.160 e. The molecule has 18 heavy (non-hydrogen) atoms. The van der Waals surface area contributed by atoms with Crippen molar-refractivity contribution in [3.05, 3.63) is 11.9 Å². The number of ether oxygens (including phenoxy) is 1. The minimum absolute atomic E-state index is 0.362. The first-order chi connectivity index (χ1) is 8.51. The highest BCUT2D eigenvalue weighted by Gasteiger charge is 2.21. The zero-order valence-corrected chi connectivity index (χ0v) is 12.5. The molecule has 1 rings (SSSR count). The van der Waals surface area contributed by atoms with Gasteiger partial charge in [-0.1, -0.05) is 13.8 Å². The lowest BCUT2D eigenvalue weighted by Crippen LogP contribution is -2.27. The van der Waals surface area contributed by atoms with Crippen molar-refractivity contribution in [3.8, 4) is 5.75 Å². The van der Waals surface area contributed by atoms with E-state index in [0.717, 1.165) is 18.7 Å². The van der Waals surface area contributed by atoms with Gasteiger partial charge in [0.2, 0.25) is 0 Å². The molecule has 1 N–H and O–H groups in total. The summed E-state index contributed by atoms with van der Waals surface area (Å²) in [5.41, 5.74) is 1.21. The lowest BCUT2D eigenvalue weighted by molar-refractivity contribution is 0.388. The van der Waals surface area contributed by atoms with Crippen molar-refractivity contribution in [2.24, 2.45) is 0 Å². The number of aromatic nitrogens is 2. The number of methoxy groups -OCH3 is 1. The highest BCUT2D eigenvalue weighted by Crippen LogP contribution is 2.31. The Morgan fingerprint density at radius 2 is 2.00 bits per heavy atom. The molecule has 0 aliphatic heterocycles. The third-order valence-electron chi connectivity index (χ3n) is 3.23. The number of hydrogen-bond acceptors (Lipinski definition) is 3. The predicted octanol–water partition coefficient (Wildman–Crippen LogP) is 2.96. The molecule has 4 heteroatoms. The van der Waals surface area contributed by atoms with Crippen LogP contribution < -0.4 is 10.1 Å². The summed E-state index contributed by atoms with van der Waals surface area (Å²) in [5, 5.41) is 7.89. The van der Waals surface area contributed by atoms with Gasteiger partial charge in [0.1, 0.15) is 0 Å². The summed E-state index contributed by atoms with van der Waals surface area (Å²) in [6.45, 7) is 11.9. The largest absolute Gasteiger partial charge is 0.493 e. The molecule has 0 radical (unpaired) electrons. The van der Waals surface area contributed by atoms with Gasteiger partial charge in [0.25, 0.3) is 0 Å². The average molecular weight is 253 g/mol. The van der Waals surface area contributed by atoms with E-state index in [4.69, 9.17) is 4.74 Å². The van der Waals surface area contributed by atoms with E-state index < -0.39 is 0 Å². The molecule has 0 aliphatic rings. The van der Waals surface area contributed by atoms with Crippen LogP contribution in [0.15, 0.2) is 6.20 Å². The highest BCUT2D eigenvalue weighted by molar-refractivity contribution is 5.28. The summed E-state index contributed by atoms with van der Waals surface area (Å²) in [4.78, 5) is 0. The number of rotatable bonds is 7. The van der Waals surface area contributed by atoms with Crippen molar-refractivity contribution in [1.29, 1.82) is 0 Å². The molecular formula is C14H27N3O. The molecule has 0 amide bonds. The van der Waals surface area contributed by atoms with Crippen LogP contribution in [-0.2, 0) is 0 Å². The van der Waals surface area contributed by atoms with Crippen LogP contribution in [0.25, 0.3) is 0 Å². The maximum atomic E-state index is 5.44. The highest BCUT2D eigenvalue weighted by atomic mass is 16.5. The summed E-state index contributed by atoms with van der Waals surface area (Å²) in [6, 6.07) is 0.867. The normalized spacial score (nSPS) is 14.8. The van der Waals surface area contributed by atoms with Gasteiger partial charge in [-0.3, -0.25) is 4.68 Å². The molecule has 2 unspecified atom stereocenters. The van der Waals surface area contributed by atoms with Crippen molar-refractivity contribution >= 4 is 0 Å². The minimum atomic E-state index is 0.362. The van der Waals surface area contributed by atoms with Crippen molar-refractivity contribution in [2.45, 2.75) is 59.0 Å². The van der Waals surface area contributed by atoms with E-state index in [9.17, 15) is 0 Å². The van der Waals surface area contributed by atoms with Crippen molar-refractivity contribution < 1.29 is 4.74 Å². The molecule has 0 spiro atoms. The fraction of sp³-hybridized carbons (Fsp3) is 0.786. The van der Waals surface area contributed by atoms with Crippen LogP contribution >= 0.6 is 0 Å². The molecular weight excluding hydrogens is 226 g/mol. The fourth-order valence-corrected chi connectivity index (χ4v) is 2.47. The Balaban J connectivity index is 2.88. The SMILES string of the molecule is CCNC(C)CC(C)c1c(OC)cnn1C(C)C. The average Bonchev–Trinajstić information content (AvgIpc) is 2.72. The minimum Gasteiger partial charge on any atom is -0.493 e. The monoisotopic (exact) mass is 253 g/mol. The van der Waals surface area contributed by atoms with Gasteiger partial charge in [-0.05, 0) is 33.7 Å². The standard InChI is InChI=1S/C14H27N3O/c1-7-15-12(5)8-11(4)14-13(18-6)9-16-17(14)10(2)3/h9-12,15H,7-8H2,1-6H3. The van der Waals surface area contributed by atoms with Crippen LogP contribution in [0.5, 0.6) is 5.75 Å². The maximum Gasteiger partial charge on any atom is 0.160 e. The summed E-state index contributed by atoms with van der Waals surface area (Å²) in [6.07, 6.45) is 2.91. The van der Waals surface area contributed by atoms with E-state index in [1.807, 2.05) is 6.20 Å². The van der Waals surface area contributed by atoms with Crippen LogP contribution in [0.1, 0.15) is 58.7 Å². The van der Waals surface area contributed by atoms with Gasteiger partial charge < -0.3 is 10.1 Å². The van der Waals surface area contributed by atoms with E-state index in [1.165, 1.54) is 5.69 Å². The molecule has 0 aromatic carbocycles. The Labute approximate surface area is 111 Å². The van der Waals surface area contributed by atoms with Crippen molar-refractivity contribution in [1.82, 2.24) is 15.1 Å². The third-order valence-corrected chi connectivity index (χ3v) is 3.23. The zero-order chi connectivity index (χ0) is 13.7. The summed E-state index contributed by atoms with van der Waals surface area (Å²) < 4.78 is 7.51. The second-order valence-corrected chi connectivity index (χ2v) is 5.23. The summed E-state index contributed by atoms with van der Waals surface area (Å²) in [5.74, 6) is 1.33. The quantitative estimate of drug-likeness (QED) is 0.812. The molecule has 0 saturated heterocycles.